The lowest BCUT2D eigenvalue weighted by Crippen LogP contribution is -2.13. The summed E-state index contributed by atoms with van der Waals surface area (Å²) in [7, 11) is 0. The van der Waals surface area contributed by atoms with E-state index in [1.54, 1.807) is 12.1 Å². The zero-order valence-corrected chi connectivity index (χ0v) is 15.1. The van der Waals surface area contributed by atoms with Crippen LogP contribution in [-0.4, -0.2) is 22.4 Å². The third kappa shape index (κ3) is 3.18. The molecule has 5 nitrogen and oxygen atoms in total. The number of hydrogen-bond donors (Lipinski definition) is 0. The Morgan fingerprint density at radius 1 is 1.32 bits per heavy atom. The monoisotopic (exact) mass is 341 g/mol. The number of aromatic nitrogens is 1. The molecule has 0 aliphatic carbocycles. The number of carbonyl (C=O) groups is 2. The van der Waals surface area contributed by atoms with Crippen molar-refractivity contribution >= 4 is 17.3 Å². The Labute approximate surface area is 147 Å². The molecule has 25 heavy (non-hydrogen) atoms. The van der Waals surface area contributed by atoms with Crippen molar-refractivity contribution in [3.63, 3.8) is 0 Å². The fraction of sp³-hybridized carbons (Fsp3) is 0.400. The Hall–Kier alpha value is -2.56. The summed E-state index contributed by atoms with van der Waals surface area (Å²) in [5.41, 5.74) is 2.83. The van der Waals surface area contributed by atoms with Crippen LogP contribution in [0.1, 0.15) is 60.5 Å². The summed E-state index contributed by atoms with van der Waals surface area (Å²) >= 11 is 0. The molecule has 0 atom stereocenters. The van der Waals surface area contributed by atoms with Crippen LogP contribution in [0.25, 0.3) is 5.57 Å². The van der Waals surface area contributed by atoms with Gasteiger partial charge in [-0.05, 0) is 57.0 Å². The number of ketones is 1. The number of fused-ring (bicyclic) bond motifs is 1. The fourth-order valence-electron chi connectivity index (χ4n) is 3.17. The molecule has 132 valence electrons. The minimum absolute atomic E-state index is 0.144. The van der Waals surface area contributed by atoms with Crippen molar-refractivity contribution in [2.75, 3.05) is 0 Å². The molecule has 3 heterocycles. The molecule has 1 aliphatic rings. The van der Waals surface area contributed by atoms with E-state index in [1.165, 1.54) is 0 Å². The zero-order valence-electron chi connectivity index (χ0n) is 15.1. The van der Waals surface area contributed by atoms with E-state index < -0.39 is 0 Å². The Kier molecular flexibility index (Phi) is 4.66. The number of nitrogens with zero attached hydrogens (tertiary/aromatic N) is 1. The smallest absolute Gasteiger partial charge is 0.340 e. The van der Waals surface area contributed by atoms with Crippen LogP contribution in [0, 0.1) is 6.92 Å². The van der Waals surface area contributed by atoms with Gasteiger partial charge in [0.05, 0.1) is 23.1 Å². The first-order valence-electron chi connectivity index (χ1n) is 8.67. The van der Waals surface area contributed by atoms with Gasteiger partial charge in [-0.3, -0.25) is 4.79 Å². The maximum Gasteiger partial charge on any atom is 0.340 e. The highest BCUT2D eigenvalue weighted by molar-refractivity contribution is 6.18. The third-order valence-corrected chi connectivity index (χ3v) is 4.19. The number of furan rings is 1. The fourth-order valence-corrected chi connectivity index (χ4v) is 3.17. The van der Waals surface area contributed by atoms with Gasteiger partial charge >= 0.3 is 5.97 Å². The van der Waals surface area contributed by atoms with Crippen molar-refractivity contribution in [3.05, 3.63) is 52.7 Å². The highest BCUT2D eigenvalue weighted by Gasteiger charge is 2.30. The molecule has 0 unspecified atom stereocenters. The SMILES string of the molecule is CCCc1cc2n(c1C(=O)c1ccc(C)o1)CC=C2C(=O)OC(C)C. The molecule has 2 aromatic heterocycles. The number of hydrogen-bond acceptors (Lipinski definition) is 4. The molecule has 0 bridgehead atoms. The van der Waals surface area contributed by atoms with E-state index in [0.717, 1.165) is 24.1 Å². The van der Waals surface area contributed by atoms with Gasteiger partial charge in [0.15, 0.2) is 5.76 Å². The number of aryl methyl sites for hydroxylation is 2. The molecule has 0 saturated carbocycles. The summed E-state index contributed by atoms with van der Waals surface area (Å²) in [6.07, 6.45) is 3.32. The summed E-state index contributed by atoms with van der Waals surface area (Å²) in [6, 6.07) is 5.42. The average molecular weight is 341 g/mol. The standard InChI is InChI=1S/C20H23NO4/c1-5-6-14-11-16-15(20(23)24-12(2)3)9-10-21(16)18(14)19(22)17-8-7-13(4)25-17/h7-9,11-12H,5-6,10H2,1-4H3. The van der Waals surface area contributed by atoms with Gasteiger partial charge in [-0.2, -0.15) is 0 Å². The molecule has 0 N–H and O–H groups in total. The van der Waals surface area contributed by atoms with Crippen LogP contribution in [0.2, 0.25) is 0 Å². The molecule has 0 radical (unpaired) electrons. The van der Waals surface area contributed by atoms with Crippen LogP contribution in [0.3, 0.4) is 0 Å². The van der Waals surface area contributed by atoms with Gasteiger partial charge in [-0.1, -0.05) is 13.3 Å². The molecule has 0 aromatic carbocycles. The lowest BCUT2D eigenvalue weighted by Gasteiger charge is -2.09. The van der Waals surface area contributed by atoms with Gasteiger partial charge in [-0.25, -0.2) is 4.79 Å². The number of rotatable bonds is 6. The van der Waals surface area contributed by atoms with E-state index >= 15 is 0 Å². The van der Waals surface area contributed by atoms with Crippen LogP contribution < -0.4 is 0 Å². The van der Waals surface area contributed by atoms with E-state index in [1.807, 2.05) is 37.5 Å². The maximum atomic E-state index is 13.0. The quantitative estimate of drug-likeness (QED) is 0.590. The van der Waals surface area contributed by atoms with E-state index in [0.29, 0.717) is 29.3 Å². The molecular weight excluding hydrogens is 318 g/mol. The molecule has 0 fully saturated rings. The minimum atomic E-state index is -0.345. The second-order valence-electron chi connectivity index (χ2n) is 6.58. The predicted molar refractivity (Wildman–Crippen MR) is 94.5 cm³/mol. The number of esters is 1. The Morgan fingerprint density at radius 2 is 2.08 bits per heavy atom. The molecular formula is C20H23NO4. The summed E-state index contributed by atoms with van der Waals surface area (Å²) < 4.78 is 12.7. The van der Waals surface area contributed by atoms with Crippen LogP contribution in [0.15, 0.2) is 28.7 Å². The summed E-state index contributed by atoms with van der Waals surface area (Å²) in [5, 5.41) is 0. The lowest BCUT2D eigenvalue weighted by atomic mass is 10.1. The maximum absolute atomic E-state index is 13.0. The van der Waals surface area contributed by atoms with Crippen molar-refractivity contribution in [1.29, 1.82) is 0 Å². The van der Waals surface area contributed by atoms with Gasteiger partial charge in [0.2, 0.25) is 5.78 Å². The molecule has 2 aromatic rings. The highest BCUT2D eigenvalue weighted by atomic mass is 16.5. The van der Waals surface area contributed by atoms with E-state index in [9.17, 15) is 9.59 Å². The highest BCUT2D eigenvalue weighted by Crippen LogP contribution is 2.31. The molecule has 0 saturated heterocycles. The van der Waals surface area contributed by atoms with E-state index in [2.05, 4.69) is 6.92 Å². The Bertz CT molecular complexity index is 851. The lowest BCUT2D eigenvalue weighted by molar-refractivity contribution is -0.140. The van der Waals surface area contributed by atoms with Crippen molar-refractivity contribution in [2.24, 2.45) is 0 Å². The molecule has 1 aliphatic heterocycles. The molecule has 3 rings (SSSR count). The van der Waals surface area contributed by atoms with Gasteiger partial charge in [-0.15, -0.1) is 0 Å². The number of ether oxygens (including phenoxy) is 1. The van der Waals surface area contributed by atoms with Gasteiger partial charge in [0.25, 0.3) is 0 Å². The second kappa shape index (κ2) is 6.75. The average Bonchev–Trinajstić information content (AvgIpc) is 3.21. The Balaban J connectivity index is 2.01. The van der Waals surface area contributed by atoms with Crippen LogP contribution in [0.4, 0.5) is 0 Å². The summed E-state index contributed by atoms with van der Waals surface area (Å²) in [6.45, 7) is 8.01. The van der Waals surface area contributed by atoms with E-state index in [4.69, 9.17) is 9.15 Å². The van der Waals surface area contributed by atoms with Crippen molar-refractivity contribution in [3.8, 4) is 0 Å². The zero-order chi connectivity index (χ0) is 18.1. The van der Waals surface area contributed by atoms with Gasteiger partial charge in [0.1, 0.15) is 5.76 Å². The normalized spacial score (nSPS) is 13.1. The molecule has 5 heteroatoms. The largest absolute Gasteiger partial charge is 0.459 e. The summed E-state index contributed by atoms with van der Waals surface area (Å²) in [4.78, 5) is 25.3. The van der Waals surface area contributed by atoms with Crippen LogP contribution in [-0.2, 0) is 22.5 Å². The first-order chi connectivity index (χ1) is 11.9. The Morgan fingerprint density at radius 3 is 2.68 bits per heavy atom. The second-order valence-corrected chi connectivity index (χ2v) is 6.58. The van der Waals surface area contributed by atoms with Gasteiger partial charge < -0.3 is 13.7 Å². The number of carbonyl (C=O) groups excluding carboxylic acids is 2. The summed E-state index contributed by atoms with van der Waals surface area (Å²) in [5.74, 6) is 0.540. The topological polar surface area (TPSA) is 61.4 Å². The first kappa shape index (κ1) is 17.3. The van der Waals surface area contributed by atoms with Crippen molar-refractivity contribution in [2.45, 2.75) is 53.2 Å². The first-order valence-corrected chi connectivity index (χ1v) is 8.67. The van der Waals surface area contributed by atoms with Crippen LogP contribution >= 0.6 is 0 Å². The third-order valence-electron chi connectivity index (χ3n) is 4.19. The minimum Gasteiger partial charge on any atom is -0.459 e. The number of allylic oxidation sites excluding steroid dienone is 1. The van der Waals surface area contributed by atoms with Crippen molar-refractivity contribution < 1.29 is 18.7 Å². The van der Waals surface area contributed by atoms with Crippen LogP contribution in [0.5, 0.6) is 0 Å². The molecule has 0 amide bonds. The predicted octanol–water partition coefficient (Wildman–Crippen LogP) is 3.92. The van der Waals surface area contributed by atoms with Crippen molar-refractivity contribution in [1.82, 2.24) is 4.57 Å². The molecule has 0 spiro atoms. The van der Waals surface area contributed by atoms with Gasteiger partial charge in [0, 0.05) is 6.54 Å². The van der Waals surface area contributed by atoms with E-state index in [-0.39, 0.29) is 17.9 Å².